The second-order valence-electron chi connectivity index (χ2n) is 6.88. The smallest absolute Gasteiger partial charge is 0.305 e. The number of hydrogen-bond donors (Lipinski definition) is 1. The highest BCUT2D eigenvalue weighted by Crippen LogP contribution is 2.52. The Kier molecular flexibility index (Phi) is 3.99. The summed E-state index contributed by atoms with van der Waals surface area (Å²) in [6.07, 6.45) is 3.37. The van der Waals surface area contributed by atoms with E-state index in [0.717, 1.165) is 27.3 Å². The molecule has 1 N–H and O–H groups in total. The number of amides is 2. The van der Waals surface area contributed by atoms with Crippen molar-refractivity contribution in [3.05, 3.63) is 74.5 Å². The number of carbonyl (C=O) groups is 2. The normalized spacial score (nSPS) is 23.6. The highest BCUT2D eigenvalue weighted by atomic mass is 32.2. The number of anilines is 1. The number of aromatic nitrogens is 2. The fraction of sp³-hybridized carbons (Fsp3) is 0.200. The third-order valence-corrected chi connectivity index (χ3v) is 7.56. The first kappa shape index (κ1) is 17.4. The number of thiazole rings is 1. The maximum absolute atomic E-state index is 13.4. The molecule has 2 amide bonds. The summed E-state index contributed by atoms with van der Waals surface area (Å²) in [5.41, 5.74) is 2.47. The number of aromatic amines is 1. The molecule has 1 fully saturated rings. The predicted octanol–water partition coefficient (Wildman–Crippen LogP) is 2.94. The molecule has 2 aromatic heterocycles. The molecule has 3 unspecified atom stereocenters. The van der Waals surface area contributed by atoms with E-state index < -0.39 is 11.2 Å². The third kappa shape index (κ3) is 2.56. The molecular weight excluding hydrogens is 394 g/mol. The Morgan fingerprint density at radius 3 is 2.57 bits per heavy atom. The number of benzene rings is 1. The monoisotopic (exact) mass is 409 g/mol. The standard InChI is InChI=1S/C20H15N3O3S2/c1-10-4-6-12(7-5-10)23-18(24)14-13(11-3-2-8-21-9-11)15-17(22-20(26)28-15)27-16(14)19(23)25/h2-9,13-14,16H,1H3,(H,22,26). The molecule has 1 aromatic carbocycles. The SMILES string of the molecule is Cc1ccc(N2C(=O)C3Sc4[nH]c(=O)sc4C(c4cccnc4)C3C2=O)cc1. The molecule has 4 heterocycles. The molecule has 5 rings (SSSR count). The largest absolute Gasteiger partial charge is 0.307 e. The van der Waals surface area contributed by atoms with E-state index in [9.17, 15) is 14.4 Å². The van der Waals surface area contributed by atoms with Crippen molar-refractivity contribution in [2.75, 3.05) is 4.90 Å². The summed E-state index contributed by atoms with van der Waals surface area (Å²) in [4.78, 5) is 47.5. The highest BCUT2D eigenvalue weighted by molar-refractivity contribution is 8.00. The number of nitrogens with zero attached hydrogens (tertiary/aromatic N) is 2. The summed E-state index contributed by atoms with van der Waals surface area (Å²) in [5.74, 6) is -1.41. The topological polar surface area (TPSA) is 83.1 Å². The Hall–Kier alpha value is -2.71. The van der Waals surface area contributed by atoms with Crippen LogP contribution in [0, 0.1) is 12.8 Å². The van der Waals surface area contributed by atoms with Gasteiger partial charge in [0.15, 0.2) is 0 Å². The lowest BCUT2D eigenvalue weighted by atomic mass is 9.84. The van der Waals surface area contributed by atoms with E-state index in [2.05, 4.69) is 9.97 Å². The molecular formula is C20H15N3O3S2. The number of rotatable bonds is 2. The van der Waals surface area contributed by atoms with Gasteiger partial charge in [-0.15, -0.1) is 0 Å². The number of thioether (sulfide) groups is 1. The van der Waals surface area contributed by atoms with E-state index in [1.54, 1.807) is 30.6 Å². The van der Waals surface area contributed by atoms with Crippen molar-refractivity contribution in [1.29, 1.82) is 0 Å². The number of carbonyl (C=O) groups excluding carboxylic acids is 2. The number of hydrogen-bond acceptors (Lipinski definition) is 6. The zero-order valence-electron chi connectivity index (χ0n) is 14.8. The maximum atomic E-state index is 13.4. The molecule has 0 radical (unpaired) electrons. The number of aryl methyl sites for hydroxylation is 1. The van der Waals surface area contributed by atoms with E-state index in [1.165, 1.54) is 16.7 Å². The molecule has 0 saturated carbocycles. The Morgan fingerprint density at radius 1 is 1.07 bits per heavy atom. The van der Waals surface area contributed by atoms with Crippen LogP contribution >= 0.6 is 23.1 Å². The van der Waals surface area contributed by atoms with Crippen LogP contribution in [0.25, 0.3) is 0 Å². The van der Waals surface area contributed by atoms with Gasteiger partial charge in [-0.05, 0) is 30.7 Å². The Bertz CT molecular complexity index is 1140. The van der Waals surface area contributed by atoms with E-state index in [0.29, 0.717) is 10.7 Å². The van der Waals surface area contributed by atoms with Gasteiger partial charge in [-0.2, -0.15) is 0 Å². The van der Waals surface area contributed by atoms with Gasteiger partial charge in [0.1, 0.15) is 5.25 Å². The summed E-state index contributed by atoms with van der Waals surface area (Å²) in [5, 5.41) is 0.105. The summed E-state index contributed by atoms with van der Waals surface area (Å²) in [6, 6.07) is 11.1. The van der Waals surface area contributed by atoms with Gasteiger partial charge in [0.25, 0.3) is 0 Å². The maximum Gasteiger partial charge on any atom is 0.305 e. The van der Waals surface area contributed by atoms with Crippen molar-refractivity contribution < 1.29 is 9.59 Å². The highest BCUT2D eigenvalue weighted by Gasteiger charge is 2.56. The van der Waals surface area contributed by atoms with Gasteiger partial charge in [-0.3, -0.25) is 19.4 Å². The molecule has 0 spiro atoms. The lowest BCUT2D eigenvalue weighted by molar-refractivity contribution is -0.122. The summed E-state index contributed by atoms with van der Waals surface area (Å²) >= 11 is 2.39. The summed E-state index contributed by atoms with van der Waals surface area (Å²) < 4.78 is 0. The van der Waals surface area contributed by atoms with Gasteiger partial charge < -0.3 is 4.98 Å². The van der Waals surface area contributed by atoms with Crippen molar-refractivity contribution >= 4 is 40.6 Å². The molecule has 28 heavy (non-hydrogen) atoms. The van der Waals surface area contributed by atoms with Crippen molar-refractivity contribution in [3.8, 4) is 0 Å². The first-order valence-corrected chi connectivity index (χ1v) is 10.5. The lowest BCUT2D eigenvalue weighted by Crippen LogP contribution is -2.32. The van der Waals surface area contributed by atoms with Gasteiger partial charge in [0.2, 0.25) is 11.8 Å². The van der Waals surface area contributed by atoms with Crippen molar-refractivity contribution in [3.63, 3.8) is 0 Å². The second kappa shape index (κ2) is 6.42. The number of nitrogens with one attached hydrogen (secondary N) is 1. The zero-order chi connectivity index (χ0) is 19.4. The van der Waals surface area contributed by atoms with Crippen LogP contribution in [0.5, 0.6) is 0 Å². The molecule has 3 aromatic rings. The number of pyridine rings is 1. The predicted molar refractivity (Wildman–Crippen MR) is 108 cm³/mol. The average molecular weight is 409 g/mol. The van der Waals surface area contributed by atoms with E-state index in [4.69, 9.17) is 0 Å². The van der Waals surface area contributed by atoms with Gasteiger partial charge >= 0.3 is 4.87 Å². The first-order valence-electron chi connectivity index (χ1n) is 8.78. The number of fused-ring (bicyclic) bond motifs is 2. The quantitative estimate of drug-likeness (QED) is 0.658. The van der Waals surface area contributed by atoms with Gasteiger partial charge in [-0.25, -0.2) is 4.90 Å². The van der Waals surface area contributed by atoms with Crippen molar-refractivity contribution in [2.24, 2.45) is 5.92 Å². The Labute approximate surface area is 168 Å². The average Bonchev–Trinajstić information content (AvgIpc) is 3.18. The molecule has 6 nitrogen and oxygen atoms in total. The fourth-order valence-corrected chi connectivity index (χ4v) is 6.40. The Morgan fingerprint density at radius 2 is 1.86 bits per heavy atom. The van der Waals surface area contributed by atoms with Crippen LogP contribution in [0.15, 0.2) is 58.6 Å². The molecule has 3 atom stereocenters. The van der Waals surface area contributed by atoms with Crippen molar-refractivity contribution in [1.82, 2.24) is 9.97 Å². The molecule has 2 aliphatic heterocycles. The lowest BCUT2D eigenvalue weighted by Gasteiger charge is -2.29. The van der Waals surface area contributed by atoms with Gasteiger partial charge in [-0.1, -0.05) is 46.9 Å². The number of H-pyrrole nitrogens is 1. The zero-order valence-corrected chi connectivity index (χ0v) is 16.4. The van der Waals surface area contributed by atoms with Crippen LogP contribution in [0.2, 0.25) is 0 Å². The van der Waals surface area contributed by atoms with Crippen LogP contribution in [-0.4, -0.2) is 27.0 Å². The molecule has 140 valence electrons. The van der Waals surface area contributed by atoms with Crippen molar-refractivity contribution in [2.45, 2.75) is 23.1 Å². The minimum Gasteiger partial charge on any atom is -0.307 e. The molecule has 8 heteroatoms. The summed E-state index contributed by atoms with van der Waals surface area (Å²) in [6.45, 7) is 1.96. The Balaban J connectivity index is 1.65. The van der Waals surface area contributed by atoms with E-state index in [-0.39, 0.29) is 22.6 Å². The van der Waals surface area contributed by atoms with E-state index in [1.807, 2.05) is 25.1 Å². The van der Waals surface area contributed by atoms with Gasteiger partial charge in [0, 0.05) is 23.2 Å². The fourth-order valence-electron chi connectivity index (χ4n) is 3.88. The third-order valence-electron chi connectivity index (χ3n) is 5.16. The van der Waals surface area contributed by atoms with Crippen LogP contribution in [0.3, 0.4) is 0 Å². The van der Waals surface area contributed by atoms with Crippen LogP contribution < -0.4 is 9.77 Å². The molecule has 1 saturated heterocycles. The summed E-state index contributed by atoms with van der Waals surface area (Å²) in [7, 11) is 0. The second-order valence-corrected chi connectivity index (χ2v) is 9.05. The molecule has 2 aliphatic rings. The van der Waals surface area contributed by atoms with E-state index >= 15 is 0 Å². The molecule has 0 aliphatic carbocycles. The van der Waals surface area contributed by atoms with Crippen LogP contribution in [0.1, 0.15) is 21.9 Å². The minimum absolute atomic E-state index is 0.179. The van der Waals surface area contributed by atoms with Crippen LogP contribution in [-0.2, 0) is 9.59 Å². The minimum atomic E-state index is -0.572. The van der Waals surface area contributed by atoms with Gasteiger partial charge in [0.05, 0.1) is 16.6 Å². The molecule has 0 bridgehead atoms. The van der Waals surface area contributed by atoms with Crippen LogP contribution in [0.4, 0.5) is 5.69 Å². The number of imide groups is 1. The first-order chi connectivity index (χ1) is 13.5.